The molecule has 0 unspecified atom stereocenters. The first-order valence-electron chi connectivity index (χ1n) is 19.2. The minimum atomic E-state index is -0.746. The topological polar surface area (TPSA) is 43.7 Å². The van der Waals surface area contributed by atoms with Gasteiger partial charge in [0.25, 0.3) is 0 Å². The van der Waals surface area contributed by atoms with Gasteiger partial charge in [-0.15, -0.1) is 0 Å². The monoisotopic (exact) mass is 767 g/mol. The summed E-state index contributed by atoms with van der Waals surface area (Å²) in [5.41, 5.74) is 2.37. The van der Waals surface area contributed by atoms with Crippen molar-refractivity contribution in [2.75, 3.05) is 0 Å². The van der Waals surface area contributed by atoms with Crippen LogP contribution in [0.1, 0.15) is 122 Å². The van der Waals surface area contributed by atoms with E-state index in [1.807, 2.05) is 118 Å². The van der Waals surface area contributed by atoms with Crippen LogP contribution in [0.15, 0.2) is 78.9 Å². The maximum Gasteiger partial charge on any atom is 0.134 e. The van der Waals surface area contributed by atoms with Crippen molar-refractivity contribution in [3.63, 3.8) is 0 Å². The van der Waals surface area contributed by atoms with Gasteiger partial charge in [-0.25, -0.2) is 17.6 Å². The van der Waals surface area contributed by atoms with E-state index in [0.29, 0.717) is 51.1 Å². The lowest BCUT2D eigenvalue weighted by Crippen LogP contribution is -2.23. The molecular formula is C49H57F4NO2. The van der Waals surface area contributed by atoms with Crippen LogP contribution in [0.25, 0.3) is 22.3 Å². The first kappa shape index (κ1) is 42.5. The van der Waals surface area contributed by atoms with Crippen molar-refractivity contribution in [2.45, 2.75) is 124 Å². The van der Waals surface area contributed by atoms with E-state index in [-0.39, 0.29) is 35.7 Å². The quantitative estimate of drug-likeness (QED) is 0.155. The van der Waals surface area contributed by atoms with Crippen molar-refractivity contribution in [3.8, 4) is 33.8 Å². The highest BCUT2D eigenvalue weighted by atomic mass is 19.1. The Kier molecular flexibility index (Phi) is 11.7. The Morgan fingerprint density at radius 3 is 0.946 bits per heavy atom. The zero-order chi connectivity index (χ0) is 41.7. The molecule has 5 rings (SSSR count). The molecule has 0 saturated carbocycles. The third-order valence-corrected chi connectivity index (χ3v) is 10.3. The Labute approximate surface area is 331 Å². The molecule has 0 amide bonds. The average Bonchev–Trinajstić information content (AvgIpc) is 3.03. The lowest BCUT2D eigenvalue weighted by Gasteiger charge is -2.28. The van der Waals surface area contributed by atoms with Crippen molar-refractivity contribution in [1.82, 2.24) is 4.90 Å². The number of benzene rings is 5. The zero-order valence-corrected chi connectivity index (χ0v) is 35.0. The second-order valence-corrected chi connectivity index (χ2v) is 19.3. The summed E-state index contributed by atoms with van der Waals surface area (Å²) in [6, 6.07) is 21.4. The molecule has 0 aliphatic heterocycles. The minimum absolute atomic E-state index is 0.0892. The van der Waals surface area contributed by atoms with Crippen LogP contribution < -0.4 is 0 Å². The SMILES string of the molecule is CC(C)(C)c1cc(-c2c(F)cc(CN(Cc3ccccc3)Cc3cc(F)c(-c4cc(C(C)(C)C)c(O)c(C(C)(C)C)c4)c(F)c3)cc2F)cc(C(C)(C)C)c1O. The average molecular weight is 768 g/mol. The molecule has 0 aliphatic rings. The number of phenols is 2. The van der Waals surface area contributed by atoms with E-state index in [9.17, 15) is 10.2 Å². The van der Waals surface area contributed by atoms with E-state index in [1.54, 1.807) is 24.3 Å². The van der Waals surface area contributed by atoms with E-state index >= 15 is 17.6 Å². The van der Waals surface area contributed by atoms with Gasteiger partial charge in [0.2, 0.25) is 0 Å². The van der Waals surface area contributed by atoms with Crippen LogP contribution in [0.3, 0.4) is 0 Å². The van der Waals surface area contributed by atoms with Crippen LogP contribution in [0, 0.1) is 23.3 Å². The van der Waals surface area contributed by atoms with Gasteiger partial charge in [-0.2, -0.15) is 0 Å². The summed E-state index contributed by atoms with van der Waals surface area (Å²) in [6.45, 7) is 23.9. The lowest BCUT2D eigenvalue weighted by molar-refractivity contribution is 0.246. The summed E-state index contributed by atoms with van der Waals surface area (Å²) < 4.78 is 64.7. The van der Waals surface area contributed by atoms with E-state index in [1.165, 1.54) is 24.3 Å². The standard InChI is InChI=1S/C49H57F4NO2/c1-46(2,3)34-22-32(23-35(44(34)55)47(4,5)6)42-38(50)18-30(19-39(42)51)27-54(26-29-16-14-13-15-17-29)28-31-20-40(52)43(41(53)21-31)33-24-36(48(7,8)9)45(56)37(25-33)49(10,11)12/h13-25,55-56H,26-28H2,1-12H3. The third kappa shape index (κ3) is 9.32. The molecule has 0 spiro atoms. The Bertz CT molecular complexity index is 1980. The predicted molar refractivity (Wildman–Crippen MR) is 221 cm³/mol. The summed E-state index contributed by atoms with van der Waals surface area (Å²) in [5.74, 6) is -2.74. The van der Waals surface area contributed by atoms with Gasteiger partial charge in [0.15, 0.2) is 0 Å². The van der Waals surface area contributed by atoms with Crippen LogP contribution in [0.4, 0.5) is 17.6 Å². The van der Waals surface area contributed by atoms with Crippen LogP contribution in [0.2, 0.25) is 0 Å². The fourth-order valence-corrected chi connectivity index (χ4v) is 7.36. The summed E-state index contributed by atoms with van der Waals surface area (Å²) in [6.07, 6.45) is 0. The Morgan fingerprint density at radius 1 is 0.411 bits per heavy atom. The van der Waals surface area contributed by atoms with E-state index in [0.717, 1.165) is 5.56 Å². The number of hydrogen-bond acceptors (Lipinski definition) is 3. The first-order valence-corrected chi connectivity index (χ1v) is 19.2. The zero-order valence-electron chi connectivity index (χ0n) is 35.0. The highest BCUT2D eigenvalue weighted by Gasteiger charge is 2.30. The summed E-state index contributed by atoms with van der Waals surface area (Å²) in [7, 11) is 0. The lowest BCUT2D eigenvalue weighted by atomic mass is 9.77. The fraction of sp³-hybridized carbons (Fsp3) is 0.388. The molecule has 0 fully saturated rings. The molecule has 0 aliphatic carbocycles. The van der Waals surface area contributed by atoms with Crippen LogP contribution >= 0.6 is 0 Å². The number of aromatic hydroxyl groups is 2. The largest absolute Gasteiger partial charge is 0.507 e. The summed E-state index contributed by atoms with van der Waals surface area (Å²) >= 11 is 0. The molecule has 0 atom stereocenters. The first-order chi connectivity index (χ1) is 25.8. The van der Waals surface area contributed by atoms with Crippen molar-refractivity contribution in [1.29, 1.82) is 0 Å². The predicted octanol–water partition coefficient (Wildman–Crippen LogP) is 13.4. The molecule has 298 valence electrons. The second kappa shape index (κ2) is 15.4. The molecule has 0 radical (unpaired) electrons. The van der Waals surface area contributed by atoms with Gasteiger partial charge in [-0.05, 0) is 98.0 Å². The number of rotatable bonds is 8. The van der Waals surface area contributed by atoms with Gasteiger partial charge < -0.3 is 10.2 Å². The van der Waals surface area contributed by atoms with Crippen LogP contribution in [-0.4, -0.2) is 15.1 Å². The van der Waals surface area contributed by atoms with Gasteiger partial charge >= 0.3 is 0 Å². The highest BCUT2D eigenvalue weighted by molar-refractivity contribution is 5.72. The number of halogens is 4. The van der Waals surface area contributed by atoms with Crippen molar-refractivity contribution in [2.24, 2.45) is 0 Å². The molecule has 7 heteroatoms. The molecule has 3 nitrogen and oxygen atoms in total. The van der Waals surface area contributed by atoms with E-state index in [4.69, 9.17) is 0 Å². The summed E-state index contributed by atoms with van der Waals surface area (Å²) in [5, 5.41) is 22.4. The number of hydrogen-bond donors (Lipinski definition) is 2. The van der Waals surface area contributed by atoms with Gasteiger partial charge in [0.1, 0.15) is 34.8 Å². The summed E-state index contributed by atoms with van der Waals surface area (Å²) in [4.78, 5) is 1.89. The fourth-order valence-electron chi connectivity index (χ4n) is 7.36. The maximum atomic E-state index is 16.2. The van der Waals surface area contributed by atoms with Crippen molar-refractivity contribution in [3.05, 3.63) is 141 Å². The highest BCUT2D eigenvalue weighted by Crippen LogP contribution is 2.45. The molecule has 0 saturated heterocycles. The molecule has 0 heterocycles. The normalized spacial score (nSPS) is 12.8. The van der Waals surface area contributed by atoms with Gasteiger partial charge in [0.05, 0.1) is 11.1 Å². The van der Waals surface area contributed by atoms with Crippen LogP contribution in [-0.2, 0) is 41.3 Å². The Balaban J connectivity index is 1.54. The Morgan fingerprint density at radius 2 is 0.679 bits per heavy atom. The second-order valence-electron chi connectivity index (χ2n) is 19.3. The smallest absolute Gasteiger partial charge is 0.134 e. The molecule has 2 N–H and O–H groups in total. The van der Waals surface area contributed by atoms with Crippen LogP contribution in [0.5, 0.6) is 11.5 Å². The van der Waals surface area contributed by atoms with Gasteiger partial charge in [-0.3, -0.25) is 4.90 Å². The number of phenolic OH excluding ortho intramolecular Hbond substituents is 2. The molecule has 0 bridgehead atoms. The number of nitrogens with zero attached hydrogens (tertiary/aromatic N) is 1. The van der Waals surface area contributed by atoms with Gasteiger partial charge in [-0.1, -0.05) is 113 Å². The third-order valence-electron chi connectivity index (χ3n) is 10.3. The van der Waals surface area contributed by atoms with E-state index in [2.05, 4.69) is 0 Å². The minimum Gasteiger partial charge on any atom is -0.507 e. The van der Waals surface area contributed by atoms with Gasteiger partial charge in [0, 0.05) is 41.9 Å². The molecule has 0 aromatic heterocycles. The Hall–Kier alpha value is -4.62. The molecule has 5 aromatic carbocycles. The molecule has 5 aromatic rings. The molecular weight excluding hydrogens is 711 g/mol. The van der Waals surface area contributed by atoms with Crippen molar-refractivity contribution >= 4 is 0 Å². The van der Waals surface area contributed by atoms with E-state index < -0.39 is 44.9 Å². The van der Waals surface area contributed by atoms with Crippen molar-refractivity contribution < 1.29 is 27.8 Å². The maximum absolute atomic E-state index is 16.2. The molecule has 56 heavy (non-hydrogen) atoms.